The van der Waals surface area contributed by atoms with Gasteiger partial charge >= 0.3 is 0 Å². The summed E-state index contributed by atoms with van der Waals surface area (Å²) >= 11 is 3.35. The van der Waals surface area contributed by atoms with E-state index in [0.29, 0.717) is 11.6 Å². The van der Waals surface area contributed by atoms with Crippen molar-refractivity contribution in [1.29, 1.82) is 0 Å². The molecule has 0 fully saturated rings. The SMILES string of the molecule is CC(C)c1ccc(NC(=O)CN(Cc2ccc(Br)cc2)S(C)(=O)=O)cc1. The maximum atomic E-state index is 12.3. The van der Waals surface area contributed by atoms with E-state index >= 15 is 0 Å². The van der Waals surface area contributed by atoms with Crippen LogP contribution in [0.4, 0.5) is 5.69 Å². The Bertz CT molecular complexity index is 847. The second kappa shape index (κ2) is 8.79. The molecule has 0 aliphatic heterocycles. The van der Waals surface area contributed by atoms with Crippen molar-refractivity contribution < 1.29 is 13.2 Å². The molecule has 2 rings (SSSR count). The molecule has 5 nitrogen and oxygen atoms in total. The minimum absolute atomic E-state index is 0.145. The molecule has 0 bridgehead atoms. The molecule has 0 atom stereocenters. The molecule has 0 aliphatic rings. The highest BCUT2D eigenvalue weighted by molar-refractivity contribution is 9.10. The Balaban J connectivity index is 2.05. The molecule has 0 radical (unpaired) electrons. The molecule has 0 saturated heterocycles. The number of carbonyl (C=O) groups is 1. The van der Waals surface area contributed by atoms with Crippen LogP contribution in [0.2, 0.25) is 0 Å². The number of nitrogens with one attached hydrogen (secondary N) is 1. The predicted molar refractivity (Wildman–Crippen MR) is 109 cm³/mol. The minimum atomic E-state index is -3.52. The van der Waals surface area contributed by atoms with Crippen LogP contribution in [-0.2, 0) is 21.4 Å². The monoisotopic (exact) mass is 438 g/mol. The van der Waals surface area contributed by atoms with Crippen molar-refractivity contribution in [2.45, 2.75) is 26.3 Å². The zero-order valence-electron chi connectivity index (χ0n) is 15.1. The van der Waals surface area contributed by atoms with E-state index in [9.17, 15) is 13.2 Å². The van der Waals surface area contributed by atoms with Gasteiger partial charge in [0.1, 0.15) is 0 Å². The summed E-state index contributed by atoms with van der Waals surface area (Å²) in [4.78, 5) is 12.3. The van der Waals surface area contributed by atoms with Crippen LogP contribution in [0.25, 0.3) is 0 Å². The second-order valence-electron chi connectivity index (χ2n) is 6.48. The van der Waals surface area contributed by atoms with Crippen LogP contribution in [0.15, 0.2) is 53.0 Å². The summed E-state index contributed by atoms with van der Waals surface area (Å²) < 4.78 is 26.2. The number of hydrogen-bond acceptors (Lipinski definition) is 3. The summed E-state index contributed by atoms with van der Waals surface area (Å²) in [5.41, 5.74) is 2.64. The number of anilines is 1. The third-order valence-corrected chi connectivity index (χ3v) is 5.65. The fraction of sp³-hybridized carbons (Fsp3) is 0.316. The van der Waals surface area contributed by atoms with Gasteiger partial charge in [-0.05, 0) is 41.3 Å². The molecule has 1 amide bonds. The number of carbonyl (C=O) groups excluding carboxylic acids is 1. The molecule has 2 aromatic carbocycles. The van der Waals surface area contributed by atoms with Gasteiger partial charge in [-0.3, -0.25) is 4.79 Å². The second-order valence-corrected chi connectivity index (χ2v) is 9.38. The molecule has 140 valence electrons. The van der Waals surface area contributed by atoms with E-state index in [1.54, 1.807) is 0 Å². The van der Waals surface area contributed by atoms with Crippen LogP contribution in [0, 0.1) is 0 Å². The number of nitrogens with zero attached hydrogens (tertiary/aromatic N) is 1. The van der Waals surface area contributed by atoms with Gasteiger partial charge in [0, 0.05) is 16.7 Å². The van der Waals surface area contributed by atoms with Crippen molar-refractivity contribution in [1.82, 2.24) is 4.31 Å². The van der Waals surface area contributed by atoms with Gasteiger partial charge in [0.05, 0.1) is 12.8 Å². The first-order chi connectivity index (χ1) is 12.1. The highest BCUT2D eigenvalue weighted by Gasteiger charge is 2.20. The zero-order valence-corrected chi connectivity index (χ0v) is 17.5. The average Bonchev–Trinajstić information content (AvgIpc) is 2.56. The van der Waals surface area contributed by atoms with Crippen LogP contribution in [0.1, 0.15) is 30.9 Å². The fourth-order valence-electron chi connectivity index (χ4n) is 2.40. The van der Waals surface area contributed by atoms with Gasteiger partial charge in [0.15, 0.2) is 0 Å². The first kappa shape index (κ1) is 20.6. The molecule has 2 aromatic rings. The Hall–Kier alpha value is -1.70. The van der Waals surface area contributed by atoms with E-state index in [-0.39, 0.29) is 19.0 Å². The third-order valence-electron chi connectivity index (χ3n) is 3.92. The van der Waals surface area contributed by atoms with Gasteiger partial charge in [-0.25, -0.2) is 8.42 Å². The van der Waals surface area contributed by atoms with Gasteiger partial charge in [-0.2, -0.15) is 4.31 Å². The minimum Gasteiger partial charge on any atom is -0.325 e. The van der Waals surface area contributed by atoms with Gasteiger partial charge < -0.3 is 5.32 Å². The van der Waals surface area contributed by atoms with Gasteiger partial charge in [0.2, 0.25) is 15.9 Å². The normalized spacial score (nSPS) is 11.8. The maximum absolute atomic E-state index is 12.3. The molecule has 0 aromatic heterocycles. The summed E-state index contributed by atoms with van der Waals surface area (Å²) in [7, 11) is -3.52. The smallest absolute Gasteiger partial charge is 0.239 e. The van der Waals surface area contributed by atoms with Crippen molar-refractivity contribution in [3.63, 3.8) is 0 Å². The van der Waals surface area contributed by atoms with Gasteiger partial charge in [0.25, 0.3) is 0 Å². The van der Waals surface area contributed by atoms with Crippen LogP contribution >= 0.6 is 15.9 Å². The van der Waals surface area contributed by atoms with Crippen molar-refractivity contribution in [2.75, 3.05) is 18.1 Å². The van der Waals surface area contributed by atoms with E-state index < -0.39 is 10.0 Å². The number of hydrogen-bond donors (Lipinski definition) is 1. The lowest BCUT2D eigenvalue weighted by Gasteiger charge is -2.19. The highest BCUT2D eigenvalue weighted by atomic mass is 79.9. The summed E-state index contributed by atoms with van der Waals surface area (Å²) in [6.07, 6.45) is 1.11. The molecule has 0 spiro atoms. The molecule has 1 N–H and O–H groups in total. The third kappa shape index (κ3) is 6.23. The summed E-state index contributed by atoms with van der Waals surface area (Å²) in [6, 6.07) is 14.9. The first-order valence-electron chi connectivity index (χ1n) is 8.24. The number of halogens is 1. The number of rotatable bonds is 7. The van der Waals surface area contributed by atoms with E-state index in [1.165, 1.54) is 5.56 Å². The Kier molecular flexibility index (Phi) is 6.97. The quantitative estimate of drug-likeness (QED) is 0.710. The van der Waals surface area contributed by atoms with Gasteiger partial charge in [-0.1, -0.05) is 54.0 Å². The van der Waals surface area contributed by atoms with Crippen LogP contribution in [-0.4, -0.2) is 31.4 Å². The molecule has 0 unspecified atom stereocenters. The van der Waals surface area contributed by atoms with Crippen molar-refractivity contribution in [3.8, 4) is 0 Å². The Morgan fingerprint density at radius 2 is 1.65 bits per heavy atom. The Morgan fingerprint density at radius 3 is 2.15 bits per heavy atom. The van der Waals surface area contributed by atoms with Crippen LogP contribution in [0.3, 0.4) is 0 Å². The molecular weight excluding hydrogens is 416 g/mol. The highest BCUT2D eigenvalue weighted by Crippen LogP contribution is 2.18. The van der Waals surface area contributed by atoms with Crippen LogP contribution < -0.4 is 5.32 Å². The molecule has 0 aliphatic carbocycles. The molecular formula is C19H23BrN2O3S. The summed E-state index contributed by atoms with van der Waals surface area (Å²) in [5.74, 6) is 0.0382. The fourth-order valence-corrected chi connectivity index (χ4v) is 3.40. The first-order valence-corrected chi connectivity index (χ1v) is 10.9. The summed E-state index contributed by atoms with van der Waals surface area (Å²) in [6.45, 7) is 4.10. The number of benzene rings is 2. The Labute approximate surface area is 163 Å². The van der Waals surface area contributed by atoms with Crippen molar-refractivity contribution >= 4 is 37.5 Å². The van der Waals surface area contributed by atoms with E-state index in [1.807, 2.05) is 48.5 Å². The van der Waals surface area contributed by atoms with E-state index in [2.05, 4.69) is 35.1 Å². The topological polar surface area (TPSA) is 66.5 Å². The lowest BCUT2D eigenvalue weighted by Crippen LogP contribution is -2.36. The van der Waals surface area contributed by atoms with Crippen molar-refractivity contribution in [3.05, 3.63) is 64.1 Å². The molecule has 0 saturated carbocycles. The van der Waals surface area contributed by atoms with Gasteiger partial charge in [-0.15, -0.1) is 0 Å². The van der Waals surface area contributed by atoms with Crippen molar-refractivity contribution in [2.24, 2.45) is 0 Å². The summed E-state index contributed by atoms with van der Waals surface area (Å²) in [5, 5.41) is 2.75. The lowest BCUT2D eigenvalue weighted by atomic mass is 10.0. The van der Waals surface area contributed by atoms with Crippen LogP contribution in [0.5, 0.6) is 0 Å². The largest absolute Gasteiger partial charge is 0.325 e. The average molecular weight is 439 g/mol. The maximum Gasteiger partial charge on any atom is 0.239 e. The van der Waals surface area contributed by atoms with E-state index in [4.69, 9.17) is 0 Å². The molecule has 7 heteroatoms. The number of amides is 1. The lowest BCUT2D eigenvalue weighted by molar-refractivity contribution is -0.116. The molecule has 26 heavy (non-hydrogen) atoms. The Morgan fingerprint density at radius 1 is 1.08 bits per heavy atom. The standard InChI is InChI=1S/C19H23BrN2O3S/c1-14(2)16-6-10-18(11-7-16)21-19(23)13-22(26(3,24)25)12-15-4-8-17(20)9-5-15/h4-11,14H,12-13H2,1-3H3,(H,21,23). The molecule has 0 heterocycles. The predicted octanol–water partition coefficient (Wildman–Crippen LogP) is 3.97. The zero-order chi connectivity index (χ0) is 19.3. The number of sulfonamides is 1. The van der Waals surface area contributed by atoms with E-state index in [0.717, 1.165) is 20.6 Å².